The van der Waals surface area contributed by atoms with Gasteiger partial charge < -0.3 is 5.32 Å². The molecule has 2 aromatic rings. The molecule has 90 valence electrons. The first-order valence-corrected chi connectivity index (χ1v) is 6.23. The largest absolute Gasteiger partial charge is 0.308 e. The molecule has 0 aliphatic rings. The quantitative estimate of drug-likeness (QED) is 0.889. The fourth-order valence-electron chi connectivity index (χ4n) is 1.49. The van der Waals surface area contributed by atoms with Crippen molar-refractivity contribution in [1.82, 2.24) is 5.32 Å². The number of rotatable bonds is 4. The molecule has 0 aliphatic carbocycles. The molecule has 2 rings (SSSR count). The van der Waals surface area contributed by atoms with Crippen LogP contribution >= 0.6 is 22.9 Å². The molecule has 0 fully saturated rings. The topological polar surface area (TPSA) is 12.0 Å². The summed E-state index contributed by atoms with van der Waals surface area (Å²) in [4.78, 5) is 1.09. The Balaban J connectivity index is 1.89. The molecule has 1 aromatic heterocycles. The molecular weight excluding hydrogens is 264 g/mol. The van der Waals surface area contributed by atoms with Crippen molar-refractivity contribution in [2.75, 3.05) is 0 Å². The van der Waals surface area contributed by atoms with E-state index in [1.165, 1.54) is 23.5 Å². The van der Waals surface area contributed by atoms with Crippen LogP contribution in [0, 0.1) is 11.6 Å². The molecule has 0 aliphatic heterocycles. The van der Waals surface area contributed by atoms with Crippen LogP contribution in [0.1, 0.15) is 10.4 Å². The van der Waals surface area contributed by atoms with Gasteiger partial charge in [0.1, 0.15) is 11.6 Å². The van der Waals surface area contributed by atoms with Crippen molar-refractivity contribution < 1.29 is 8.78 Å². The molecule has 0 spiro atoms. The van der Waals surface area contributed by atoms with E-state index in [0.717, 1.165) is 15.3 Å². The Kier molecular flexibility index (Phi) is 4.10. The lowest BCUT2D eigenvalue weighted by Gasteiger charge is -2.04. The average Bonchev–Trinajstić information content (AvgIpc) is 2.63. The maximum Gasteiger partial charge on any atom is 0.126 e. The molecule has 0 atom stereocenters. The summed E-state index contributed by atoms with van der Waals surface area (Å²) in [5, 5.41) is 3.10. The number of halogens is 3. The van der Waals surface area contributed by atoms with Crippen molar-refractivity contribution in [2.45, 2.75) is 13.1 Å². The second-order valence-electron chi connectivity index (χ2n) is 3.59. The van der Waals surface area contributed by atoms with E-state index in [9.17, 15) is 8.78 Å². The Morgan fingerprint density at radius 3 is 2.35 bits per heavy atom. The normalized spacial score (nSPS) is 10.8. The highest BCUT2D eigenvalue weighted by atomic mass is 35.5. The van der Waals surface area contributed by atoms with E-state index in [1.54, 1.807) is 0 Å². The van der Waals surface area contributed by atoms with Gasteiger partial charge in [0.05, 0.1) is 4.34 Å². The lowest BCUT2D eigenvalue weighted by molar-refractivity contribution is 0.575. The van der Waals surface area contributed by atoms with Crippen LogP contribution in [0.15, 0.2) is 30.3 Å². The summed E-state index contributed by atoms with van der Waals surface area (Å²) in [6, 6.07) is 7.24. The van der Waals surface area contributed by atoms with Crippen molar-refractivity contribution in [2.24, 2.45) is 0 Å². The first kappa shape index (κ1) is 12.5. The molecule has 1 heterocycles. The van der Waals surface area contributed by atoms with Gasteiger partial charge in [0.25, 0.3) is 0 Å². The number of hydrogen-bond acceptors (Lipinski definition) is 2. The van der Waals surface area contributed by atoms with Crippen LogP contribution < -0.4 is 5.32 Å². The summed E-state index contributed by atoms with van der Waals surface area (Å²) in [6.07, 6.45) is 0. The van der Waals surface area contributed by atoms with Crippen LogP contribution in [-0.4, -0.2) is 0 Å². The van der Waals surface area contributed by atoms with Gasteiger partial charge in [-0.3, -0.25) is 0 Å². The molecule has 0 unspecified atom stereocenters. The second-order valence-corrected chi connectivity index (χ2v) is 5.39. The van der Waals surface area contributed by atoms with E-state index in [4.69, 9.17) is 11.6 Å². The highest BCUT2D eigenvalue weighted by Gasteiger charge is 2.01. The van der Waals surface area contributed by atoms with Gasteiger partial charge in [0.2, 0.25) is 0 Å². The molecule has 0 amide bonds. The fraction of sp³-hybridized carbons (Fsp3) is 0.167. The zero-order chi connectivity index (χ0) is 12.3. The van der Waals surface area contributed by atoms with Gasteiger partial charge in [0.15, 0.2) is 0 Å². The Morgan fingerprint density at radius 2 is 1.76 bits per heavy atom. The monoisotopic (exact) mass is 273 g/mol. The van der Waals surface area contributed by atoms with E-state index >= 15 is 0 Å². The molecule has 0 saturated heterocycles. The van der Waals surface area contributed by atoms with Crippen molar-refractivity contribution in [1.29, 1.82) is 0 Å². The van der Waals surface area contributed by atoms with Crippen LogP contribution in [0.3, 0.4) is 0 Å². The molecule has 0 bridgehead atoms. The minimum Gasteiger partial charge on any atom is -0.308 e. The minimum atomic E-state index is -0.555. The maximum atomic E-state index is 12.9. The SMILES string of the molecule is Fc1cc(F)cc(CNCc2ccc(Cl)s2)c1. The number of hydrogen-bond donors (Lipinski definition) is 1. The van der Waals surface area contributed by atoms with E-state index in [2.05, 4.69) is 5.32 Å². The molecule has 17 heavy (non-hydrogen) atoms. The summed E-state index contributed by atoms with van der Waals surface area (Å²) in [5.74, 6) is -1.11. The third kappa shape index (κ3) is 3.77. The number of benzene rings is 1. The fourth-order valence-corrected chi connectivity index (χ4v) is 2.55. The van der Waals surface area contributed by atoms with Gasteiger partial charge >= 0.3 is 0 Å². The number of thiophene rings is 1. The van der Waals surface area contributed by atoms with Gasteiger partial charge in [-0.1, -0.05) is 11.6 Å². The van der Waals surface area contributed by atoms with Crippen molar-refractivity contribution in [3.63, 3.8) is 0 Å². The van der Waals surface area contributed by atoms with Gasteiger partial charge in [-0.2, -0.15) is 0 Å². The smallest absolute Gasteiger partial charge is 0.126 e. The van der Waals surface area contributed by atoms with Gasteiger partial charge in [0, 0.05) is 24.0 Å². The third-order valence-corrected chi connectivity index (χ3v) is 3.41. The molecular formula is C12H10ClF2NS. The maximum absolute atomic E-state index is 12.9. The van der Waals surface area contributed by atoms with Crippen molar-refractivity contribution in [3.05, 3.63) is 56.7 Å². The average molecular weight is 274 g/mol. The highest BCUT2D eigenvalue weighted by molar-refractivity contribution is 7.16. The zero-order valence-corrected chi connectivity index (χ0v) is 10.4. The Bertz CT molecular complexity index is 493. The van der Waals surface area contributed by atoms with Gasteiger partial charge in [-0.25, -0.2) is 8.78 Å². The third-order valence-electron chi connectivity index (χ3n) is 2.18. The van der Waals surface area contributed by atoms with E-state index in [-0.39, 0.29) is 0 Å². The van der Waals surface area contributed by atoms with E-state index in [0.29, 0.717) is 18.7 Å². The Labute approximate surface area is 107 Å². The van der Waals surface area contributed by atoms with E-state index < -0.39 is 11.6 Å². The lowest BCUT2D eigenvalue weighted by Crippen LogP contribution is -2.12. The first-order chi connectivity index (χ1) is 8.13. The summed E-state index contributed by atoms with van der Waals surface area (Å²) in [5.41, 5.74) is 0.588. The van der Waals surface area contributed by atoms with Gasteiger partial charge in [-0.05, 0) is 29.8 Å². The predicted molar refractivity (Wildman–Crippen MR) is 66.2 cm³/mol. The molecule has 5 heteroatoms. The van der Waals surface area contributed by atoms with Gasteiger partial charge in [-0.15, -0.1) is 11.3 Å². The van der Waals surface area contributed by atoms with Crippen LogP contribution in [0.2, 0.25) is 4.34 Å². The molecule has 1 aromatic carbocycles. The molecule has 1 N–H and O–H groups in total. The zero-order valence-electron chi connectivity index (χ0n) is 8.84. The van der Waals surface area contributed by atoms with Crippen molar-refractivity contribution >= 4 is 22.9 Å². The summed E-state index contributed by atoms with van der Waals surface area (Å²) in [6.45, 7) is 1.06. The summed E-state index contributed by atoms with van der Waals surface area (Å²) < 4.78 is 26.5. The van der Waals surface area contributed by atoms with E-state index in [1.807, 2.05) is 12.1 Å². The Morgan fingerprint density at radius 1 is 1.06 bits per heavy atom. The van der Waals surface area contributed by atoms with Crippen LogP contribution in [0.5, 0.6) is 0 Å². The standard InChI is InChI=1S/C12H10ClF2NS/c13-12-2-1-11(17-12)7-16-6-8-3-9(14)5-10(15)4-8/h1-5,16H,6-7H2. The summed E-state index contributed by atoms with van der Waals surface area (Å²) >= 11 is 7.27. The second kappa shape index (κ2) is 5.58. The lowest BCUT2D eigenvalue weighted by atomic mass is 10.2. The number of nitrogens with one attached hydrogen (secondary N) is 1. The summed E-state index contributed by atoms with van der Waals surface area (Å²) in [7, 11) is 0. The van der Waals surface area contributed by atoms with Crippen LogP contribution in [0.4, 0.5) is 8.78 Å². The molecule has 1 nitrogen and oxygen atoms in total. The minimum absolute atomic E-state index is 0.421. The molecule has 0 saturated carbocycles. The van der Waals surface area contributed by atoms with Crippen LogP contribution in [0.25, 0.3) is 0 Å². The highest BCUT2D eigenvalue weighted by Crippen LogP contribution is 2.21. The van der Waals surface area contributed by atoms with Crippen LogP contribution in [-0.2, 0) is 13.1 Å². The first-order valence-electron chi connectivity index (χ1n) is 5.03. The Hall–Kier alpha value is -0.970. The predicted octanol–water partition coefficient (Wildman–Crippen LogP) is 3.97. The molecule has 0 radical (unpaired) electrons. The van der Waals surface area contributed by atoms with Crippen molar-refractivity contribution in [3.8, 4) is 0 Å².